The Morgan fingerprint density at radius 2 is 1.86 bits per heavy atom. The third-order valence-corrected chi connectivity index (χ3v) is 5.71. The number of amides is 2. The third kappa shape index (κ3) is 3.62. The van der Waals surface area contributed by atoms with Crippen LogP contribution in [-0.4, -0.2) is 41.9 Å². The number of carbonyl (C=O) groups is 2. The highest BCUT2D eigenvalue weighted by molar-refractivity contribution is 5.85. The van der Waals surface area contributed by atoms with Crippen molar-refractivity contribution in [3.63, 3.8) is 0 Å². The summed E-state index contributed by atoms with van der Waals surface area (Å²) in [4.78, 5) is 26.2. The Labute approximate surface area is 133 Å². The number of carbonyl (C=O) groups excluding carboxylic acids is 2. The topological polar surface area (TPSA) is 75.4 Å². The second-order valence-electron chi connectivity index (χ2n) is 7.40. The largest absolute Gasteiger partial charge is 0.351 e. The number of nitrogens with zero attached hydrogens (tertiary/aromatic N) is 1. The molecule has 3 aliphatic rings. The second kappa shape index (κ2) is 6.99. The fraction of sp³-hybridized carbons (Fsp3) is 0.882. The maximum absolute atomic E-state index is 12.4. The van der Waals surface area contributed by atoms with Crippen molar-refractivity contribution in [2.24, 2.45) is 17.6 Å². The molecule has 2 atom stereocenters. The molecule has 1 aliphatic heterocycles. The minimum absolute atomic E-state index is 0.0209. The highest BCUT2D eigenvalue weighted by atomic mass is 16.2. The van der Waals surface area contributed by atoms with E-state index >= 15 is 0 Å². The van der Waals surface area contributed by atoms with Gasteiger partial charge >= 0.3 is 0 Å². The molecule has 22 heavy (non-hydrogen) atoms. The molecule has 2 aliphatic carbocycles. The van der Waals surface area contributed by atoms with Crippen LogP contribution in [0.25, 0.3) is 0 Å². The average Bonchev–Trinajstić information content (AvgIpc) is 2.65. The molecule has 1 saturated heterocycles. The van der Waals surface area contributed by atoms with Crippen LogP contribution in [0.4, 0.5) is 0 Å². The lowest BCUT2D eigenvalue weighted by Gasteiger charge is -2.45. The molecule has 0 aromatic heterocycles. The summed E-state index contributed by atoms with van der Waals surface area (Å²) in [6.07, 6.45) is 9.35. The Balaban J connectivity index is 1.56. The van der Waals surface area contributed by atoms with Crippen molar-refractivity contribution in [3.8, 4) is 0 Å². The minimum Gasteiger partial charge on any atom is -0.351 e. The van der Waals surface area contributed by atoms with Gasteiger partial charge in [-0.25, -0.2) is 0 Å². The molecule has 2 unspecified atom stereocenters. The van der Waals surface area contributed by atoms with Gasteiger partial charge in [0.05, 0.1) is 6.54 Å². The standard InChI is InChI=1S/C17H29N3O2/c18-14-9-12-5-4-6-13(10-14)17(12)19-15(21)11-20-8-3-1-2-7-16(20)22/h12-14,17H,1-11,18H2,(H,19,21). The number of likely N-dealkylation sites (tertiary alicyclic amines) is 1. The van der Waals surface area contributed by atoms with Crippen LogP contribution in [0.3, 0.4) is 0 Å². The zero-order chi connectivity index (χ0) is 15.5. The number of nitrogens with two attached hydrogens (primary N) is 1. The fourth-order valence-electron chi connectivity index (χ4n) is 4.64. The summed E-state index contributed by atoms with van der Waals surface area (Å²) in [7, 11) is 0. The van der Waals surface area contributed by atoms with Crippen LogP contribution in [0.5, 0.6) is 0 Å². The lowest BCUT2D eigenvalue weighted by atomic mass is 9.67. The summed E-state index contributed by atoms with van der Waals surface area (Å²) < 4.78 is 0. The summed E-state index contributed by atoms with van der Waals surface area (Å²) >= 11 is 0. The Kier molecular flexibility index (Phi) is 5.01. The molecule has 0 spiro atoms. The van der Waals surface area contributed by atoms with Crippen LogP contribution in [-0.2, 0) is 9.59 Å². The summed E-state index contributed by atoms with van der Waals surface area (Å²) in [5.41, 5.74) is 6.14. The molecule has 0 radical (unpaired) electrons. The zero-order valence-electron chi connectivity index (χ0n) is 13.4. The van der Waals surface area contributed by atoms with Gasteiger partial charge in [0, 0.05) is 25.0 Å². The van der Waals surface area contributed by atoms with Crippen LogP contribution in [0.1, 0.15) is 57.8 Å². The highest BCUT2D eigenvalue weighted by Gasteiger charge is 2.40. The Morgan fingerprint density at radius 1 is 1.14 bits per heavy atom. The number of nitrogens with one attached hydrogen (secondary N) is 1. The Bertz CT molecular complexity index is 412. The molecule has 2 bridgehead atoms. The quantitative estimate of drug-likeness (QED) is 0.828. The van der Waals surface area contributed by atoms with Crippen LogP contribution in [0.2, 0.25) is 0 Å². The molecule has 3 N–H and O–H groups in total. The monoisotopic (exact) mass is 307 g/mol. The van der Waals surface area contributed by atoms with Crippen molar-refractivity contribution in [2.75, 3.05) is 13.1 Å². The van der Waals surface area contributed by atoms with Gasteiger partial charge in [-0.2, -0.15) is 0 Å². The van der Waals surface area contributed by atoms with Crippen molar-refractivity contribution in [1.29, 1.82) is 0 Å². The summed E-state index contributed by atoms with van der Waals surface area (Å²) in [6.45, 7) is 0.968. The lowest BCUT2D eigenvalue weighted by Crippen LogP contribution is -2.55. The smallest absolute Gasteiger partial charge is 0.239 e. The maximum Gasteiger partial charge on any atom is 0.239 e. The lowest BCUT2D eigenvalue weighted by molar-refractivity contribution is -0.136. The van der Waals surface area contributed by atoms with E-state index in [1.807, 2.05) is 0 Å². The van der Waals surface area contributed by atoms with Crippen molar-refractivity contribution in [2.45, 2.75) is 69.9 Å². The van der Waals surface area contributed by atoms with Crippen molar-refractivity contribution in [1.82, 2.24) is 10.2 Å². The first-order valence-corrected chi connectivity index (χ1v) is 8.96. The molecule has 3 fully saturated rings. The third-order valence-electron chi connectivity index (χ3n) is 5.71. The van der Waals surface area contributed by atoms with E-state index in [0.29, 0.717) is 24.3 Å². The number of fused-ring (bicyclic) bond motifs is 2. The van der Waals surface area contributed by atoms with Gasteiger partial charge in [-0.15, -0.1) is 0 Å². The fourth-order valence-corrected chi connectivity index (χ4v) is 4.64. The average molecular weight is 307 g/mol. The Hall–Kier alpha value is -1.10. The van der Waals surface area contributed by atoms with E-state index in [1.54, 1.807) is 4.90 Å². The van der Waals surface area contributed by atoms with E-state index < -0.39 is 0 Å². The molecule has 2 saturated carbocycles. The van der Waals surface area contributed by atoms with E-state index in [4.69, 9.17) is 5.73 Å². The Morgan fingerprint density at radius 3 is 2.59 bits per heavy atom. The normalized spacial score (nSPS) is 35.9. The van der Waals surface area contributed by atoms with Crippen LogP contribution in [0, 0.1) is 11.8 Å². The second-order valence-corrected chi connectivity index (χ2v) is 7.40. The predicted octanol–water partition coefficient (Wildman–Crippen LogP) is 1.41. The first-order chi connectivity index (χ1) is 10.6. The molecular weight excluding hydrogens is 278 g/mol. The van der Waals surface area contributed by atoms with Crippen LogP contribution >= 0.6 is 0 Å². The van der Waals surface area contributed by atoms with E-state index in [2.05, 4.69) is 5.32 Å². The molecule has 0 aromatic carbocycles. The SMILES string of the molecule is NC1CC2CCCC(C1)C2NC(=O)CN1CCCCCC1=O. The first-order valence-electron chi connectivity index (χ1n) is 8.96. The predicted molar refractivity (Wildman–Crippen MR) is 85.0 cm³/mol. The van der Waals surface area contributed by atoms with E-state index in [1.165, 1.54) is 19.3 Å². The summed E-state index contributed by atoms with van der Waals surface area (Å²) in [6, 6.07) is 0.582. The van der Waals surface area contributed by atoms with Crippen molar-refractivity contribution >= 4 is 11.8 Å². The zero-order valence-corrected chi connectivity index (χ0v) is 13.4. The first kappa shape index (κ1) is 15.8. The van der Waals surface area contributed by atoms with E-state index in [0.717, 1.165) is 38.6 Å². The molecular formula is C17H29N3O2. The molecule has 5 heteroatoms. The maximum atomic E-state index is 12.4. The molecule has 0 aromatic rings. The molecule has 5 nitrogen and oxygen atoms in total. The molecule has 1 heterocycles. The van der Waals surface area contributed by atoms with Gasteiger partial charge in [0.15, 0.2) is 0 Å². The van der Waals surface area contributed by atoms with Gasteiger partial charge in [-0.1, -0.05) is 12.8 Å². The highest BCUT2D eigenvalue weighted by Crippen LogP contribution is 2.39. The van der Waals surface area contributed by atoms with Crippen LogP contribution < -0.4 is 11.1 Å². The number of hydrogen-bond acceptors (Lipinski definition) is 3. The van der Waals surface area contributed by atoms with Gasteiger partial charge in [0.2, 0.25) is 11.8 Å². The van der Waals surface area contributed by atoms with Crippen molar-refractivity contribution in [3.05, 3.63) is 0 Å². The number of hydrogen-bond donors (Lipinski definition) is 2. The van der Waals surface area contributed by atoms with E-state index in [9.17, 15) is 9.59 Å². The minimum atomic E-state index is 0.0209. The van der Waals surface area contributed by atoms with Gasteiger partial charge in [-0.3, -0.25) is 9.59 Å². The summed E-state index contributed by atoms with van der Waals surface area (Å²) in [5, 5.41) is 3.24. The van der Waals surface area contributed by atoms with Gasteiger partial charge < -0.3 is 16.0 Å². The molecule has 124 valence electrons. The molecule has 3 rings (SSSR count). The van der Waals surface area contributed by atoms with E-state index in [-0.39, 0.29) is 24.4 Å². The van der Waals surface area contributed by atoms with Gasteiger partial charge in [0.25, 0.3) is 0 Å². The van der Waals surface area contributed by atoms with Crippen LogP contribution in [0.15, 0.2) is 0 Å². The summed E-state index contributed by atoms with van der Waals surface area (Å²) in [5.74, 6) is 1.23. The molecule has 2 amide bonds. The van der Waals surface area contributed by atoms with Gasteiger partial charge in [0.1, 0.15) is 0 Å². The number of rotatable bonds is 3. The van der Waals surface area contributed by atoms with Gasteiger partial charge in [-0.05, 0) is 50.4 Å². The van der Waals surface area contributed by atoms with Crippen molar-refractivity contribution < 1.29 is 9.59 Å².